The lowest BCUT2D eigenvalue weighted by atomic mass is 10.1. The van der Waals surface area contributed by atoms with E-state index in [4.69, 9.17) is 4.74 Å². The van der Waals surface area contributed by atoms with Crippen molar-refractivity contribution in [3.63, 3.8) is 0 Å². The Morgan fingerprint density at radius 2 is 2.00 bits per heavy atom. The van der Waals surface area contributed by atoms with E-state index < -0.39 is 0 Å². The molecule has 0 heterocycles. The predicted octanol–water partition coefficient (Wildman–Crippen LogP) is 1.79. The Hall–Kier alpha value is -1.68. The molecule has 1 amide bonds. The predicted molar refractivity (Wildman–Crippen MR) is 65.9 cm³/mol. The molecular weight excluding hydrogens is 218 g/mol. The third kappa shape index (κ3) is 4.78. The highest BCUT2D eigenvalue weighted by Gasteiger charge is 2.08. The fourth-order valence-corrected chi connectivity index (χ4v) is 1.49. The summed E-state index contributed by atoms with van der Waals surface area (Å²) in [5.41, 5.74) is 1.75. The van der Waals surface area contributed by atoms with Crippen molar-refractivity contribution in [2.45, 2.75) is 19.8 Å². The average Bonchev–Trinajstić information content (AvgIpc) is 2.26. The molecule has 0 aliphatic carbocycles. The molecular formula is C13H17NO3. The molecule has 0 aliphatic heterocycles. The first-order valence-corrected chi connectivity index (χ1v) is 5.49. The average molecular weight is 235 g/mol. The van der Waals surface area contributed by atoms with Gasteiger partial charge in [-0.15, -0.1) is 0 Å². The minimum absolute atomic E-state index is 0.0847. The lowest BCUT2D eigenvalue weighted by molar-refractivity contribution is -0.124. The van der Waals surface area contributed by atoms with E-state index >= 15 is 0 Å². The van der Waals surface area contributed by atoms with E-state index in [-0.39, 0.29) is 18.1 Å². The molecule has 1 rings (SSSR count). The van der Waals surface area contributed by atoms with Crippen LogP contribution in [0.4, 0.5) is 5.69 Å². The number of anilines is 1. The van der Waals surface area contributed by atoms with Crippen LogP contribution in [0.2, 0.25) is 0 Å². The first-order chi connectivity index (χ1) is 8.13. The van der Waals surface area contributed by atoms with Crippen LogP contribution in [0, 0.1) is 0 Å². The molecule has 4 nitrogen and oxygen atoms in total. The van der Waals surface area contributed by atoms with Crippen molar-refractivity contribution in [2.24, 2.45) is 0 Å². The summed E-state index contributed by atoms with van der Waals surface area (Å²) in [5.74, 6) is -0.417. The number of ketones is 1. The van der Waals surface area contributed by atoms with Gasteiger partial charge < -0.3 is 10.1 Å². The monoisotopic (exact) mass is 235 g/mol. The van der Waals surface area contributed by atoms with E-state index in [1.165, 1.54) is 6.92 Å². The molecule has 1 aromatic carbocycles. The molecule has 0 aliphatic rings. The lowest BCUT2D eigenvalue weighted by Crippen LogP contribution is -2.16. The van der Waals surface area contributed by atoms with Gasteiger partial charge in [-0.25, -0.2) is 0 Å². The first-order valence-electron chi connectivity index (χ1n) is 5.49. The quantitative estimate of drug-likeness (QED) is 0.765. The van der Waals surface area contributed by atoms with Crippen LogP contribution in [0.1, 0.15) is 18.9 Å². The van der Waals surface area contributed by atoms with Crippen molar-refractivity contribution in [3.05, 3.63) is 29.8 Å². The Morgan fingerprint density at radius 1 is 1.29 bits per heavy atom. The molecule has 0 radical (unpaired) electrons. The molecule has 4 heteroatoms. The number of carbonyl (C=O) groups excluding carboxylic acids is 2. The van der Waals surface area contributed by atoms with Gasteiger partial charge in [0.05, 0.1) is 13.0 Å². The van der Waals surface area contributed by atoms with Crippen molar-refractivity contribution in [2.75, 3.05) is 19.0 Å². The maximum atomic E-state index is 11.5. The second kappa shape index (κ2) is 6.81. The van der Waals surface area contributed by atoms with Crippen LogP contribution >= 0.6 is 0 Å². The number of carbonyl (C=O) groups is 2. The van der Waals surface area contributed by atoms with Gasteiger partial charge in [-0.2, -0.15) is 0 Å². The summed E-state index contributed by atoms with van der Waals surface area (Å²) in [7, 11) is 1.64. The topological polar surface area (TPSA) is 55.4 Å². The molecule has 0 spiro atoms. The van der Waals surface area contributed by atoms with E-state index in [1.54, 1.807) is 7.11 Å². The minimum Gasteiger partial charge on any atom is -0.384 e. The molecule has 0 saturated heterocycles. The van der Waals surface area contributed by atoms with Crippen LogP contribution < -0.4 is 5.32 Å². The van der Waals surface area contributed by atoms with Crippen LogP contribution in [0.3, 0.4) is 0 Å². The zero-order valence-corrected chi connectivity index (χ0v) is 10.2. The summed E-state index contributed by atoms with van der Waals surface area (Å²) in [6.45, 7) is 2.00. The second-order valence-electron chi connectivity index (χ2n) is 3.83. The Bertz CT molecular complexity index is 401. The van der Waals surface area contributed by atoms with E-state index in [0.29, 0.717) is 6.61 Å². The van der Waals surface area contributed by atoms with E-state index in [1.807, 2.05) is 24.3 Å². The van der Waals surface area contributed by atoms with Gasteiger partial charge in [0.2, 0.25) is 5.91 Å². The van der Waals surface area contributed by atoms with Crippen LogP contribution in [0.15, 0.2) is 24.3 Å². The van der Waals surface area contributed by atoms with Crippen molar-refractivity contribution in [1.82, 2.24) is 0 Å². The third-order valence-electron chi connectivity index (χ3n) is 2.28. The number of hydrogen-bond donors (Lipinski definition) is 1. The van der Waals surface area contributed by atoms with Gasteiger partial charge in [0.15, 0.2) is 0 Å². The summed E-state index contributed by atoms with van der Waals surface area (Å²) in [5, 5.41) is 2.74. The summed E-state index contributed by atoms with van der Waals surface area (Å²) in [6.07, 6.45) is 0.644. The summed E-state index contributed by atoms with van der Waals surface area (Å²) < 4.78 is 5.00. The fourth-order valence-electron chi connectivity index (χ4n) is 1.49. The maximum absolute atomic E-state index is 11.5. The van der Waals surface area contributed by atoms with Crippen LogP contribution in [-0.2, 0) is 20.7 Å². The van der Waals surface area contributed by atoms with Gasteiger partial charge >= 0.3 is 0 Å². The van der Waals surface area contributed by atoms with Crippen molar-refractivity contribution >= 4 is 17.4 Å². The zero-order valence-electron chi connectivity index (χ0n) is 10.2. The number of Topliss-reactive ketones (excluding diaryl/α,β-unsaturated/α-hetero) is 1. The molecule has 0 fully saturated rings. The Morgan fingerprint density at radius 3 is 2.65 bits per heavy atom. The molecule has 0 saturated carbocycles. The van der Waals surface area contributed by atoms with Crippen LogP contribution in [-0.4, -0.2) is 25.4 Å². The van der Waals surface area contributed by atoms with Gasteiger partial charge in [-0.05, 0) is 25.0 Å². The van der Waals surface area contributed by atoms with Gasteiger partial charge in [0.25, 0.3) is 0 Å². The zero-order chi connectivity index (χ0) is 12.7. The SMILES string of the molecule is COCCc1ccccc1NC(=O)CC(C)=O. The number of hydrogen-bond acceptors (Lipinski definition) is 3. The Kier molecular flexibility index (Phi) is 5.36. The van der Waals surface area contributed by atoms with Gasteiger partial charge in [-0.1, -0.05) is 18.2 Å². The van der Waals surface area contributed by atoms with E-state index in [9.17, 15) is 9.59 Å². The number of para-hydroxylation sites is 1. The molecule has 1 N–H and O–H groups in total. The smallest absolute Gasteiger partial charge is 0.231 e. The van der Waals surface area contributed by atoms with E-state index in [2.05, 4.69) is 5.32 Å². The minimum atomic E-state index is -0.276. The normalized spacial score (nSPS) is 10.0. The Balaban J connectivity index is 2.69. The second-order valence-corrected chi connectivity index (χ2v) is 3.83. The molecule has 0 unspecified atom stereocenters. The van der Waals surface area contributed by atoms with Gasteiger partial charge in [-0.3, -0.25) is 9.59 Å². The largest absolute Gasteiger partial charge is 0.384 e. The maximum Gasteiger partial charge on any atom is 0.231 e. The van der Waals surface area contributed by atoms with Gasteiger partial charge in [0, 0.05) is 12.8 Å². The number of nitrogens with one attached hydrogen (secondary N) is 1. The number of rotatable bonds is 6. The van der Waals surface area contributed by atoms with Crippen molar-refractivity contribution < 1.29 is 14.3 Å². The van der Waals surface area contributed by atoms with Crippen molar-refractivity contribution in [3.8, 4) is 0 Å². The lowest BCUT2D eigenvalue weighted by Gasteiger charge is -2.10. The van der Waals surface area contributed by atoms with E-state index in [0.717, 1.165) is 17.7 Å². The number of benzene rings is 1. The molecule has 1 aromatic rings. The summed E-state index contributed by atoms with van der Waals surface area (Å²) in [6, 6.07) is 7.51. The highest BCUT2D eigenvalue weighted by atomic mass is 16.5. The number of amides is 1. The highest BCUT2D eigenvalue weighted by molar-refractivity contribution is 6.03. The first kappa shape index (κ1) is 13.4. The van der Waals surface area contributed by atoms with Crippen LogP contribution in [0.5, 0.6) is 0 Å². The standard InChI is InChI=1S/C13H17NO3/c1-10(15)9-13(16)14-12-6-4-3-5-11(12)7-8-17-2/h3-6H,7-9H2,1-2H3,(H,14,16). The molecule has 0 bridgehead atoms. The number of methoxy groups -OCH3 is 1. The molecule has 0 aromatic heterocycles. The number of ether oxygens (including phenoxy) is 1. The fraction of sp³-hybridized carbons (Fsp3) is 0.385. The summed E-state index contributed by atoms with van der Waals surface area (Å²) >= 11 is 0. The van der Waals surface area contributed by atoms with Gasteiger partial charge in [0.1, 0.15) is 5.78 Å². The van der Waals surface area contributed by atoms with Crippen LogP contribution in [0.25, 0.3) is 0 Å². The molecule has 0 atom stereocenters. The Labute approximate surface area is 101 Å². The molecule has 92 valence electrons. The third-order valence-corrected chi connectivity index (χ3v) is 2.28. The molecule has 17 heavy (non-hydrogen) atoms. The highest BCUT2D eigenvalue weighted by Crippen LogP contribution is 2.15. The summed E-state index contributed by atoms with van der Waals surface area (Å²) in [4.78, 5) is 22.3. The van der Waals surface area contributed by atoms with Crippen molar-refractivity contribution in [1.29, 1.82) is 0 Å².